The molecule has 64 valence electrons. The second kappa shape index (κ2) is 3.81. The second-order valence-electron chi connectivity index (χ2n) is 3.66. The van der Waals surface area contributed by atoms with Crippen LogP contribution < -0.4 is 5.32 Å². The molecule has 0 spiro atoms. The summed E-state index contributed by atoms with van der Waals surface area (Å²) in [4.78, 5) is 0. The van der Waals surface area contributed by atoms with Gasteiger partial charge >= 0.3 is 0 Å². The molecule has 0 radical (unpaired) electrons. The van der Waals surface area contributed by atoms with Gasteiger partial charge in [-0.15, -0.1) is 0 Å². The summed E-state index contributed by atoms with van der Waals surface area (Å²) in [5.41, 5.74) is 0. The van der Waals surface area contributed by atoms with Crippen molar-refractivity contribution in [3.63, 3.8) is 0 Å². The number of hydrogen-bond acceptors (Lipinski definition) is 2. The lowest BCUT2D eigenvalue weighted by Gasteiger charge is -2.27. The zero-order valence-electron chi connectivity index (χ0n) is 7.01. The van der Waals surface area contributed by atoms with E-state index in [1.54, 1.807) is 0 Å². The minimum absolute atomic E-state index is 0.950. The van der Waals surface area contributed by atoms with E-state index in [9.17, 15) is 0 Å². The molecule has 1 saturated carbocycles. The smallest absolute Gasteiger partial charge is 0.0201 e. The maximum absolute atomic E-state index is 3.49. The van der Waals surface area contributed by atoms with Gasteiger partial charge in [0, 0.05) is 24.1 Å². The van der Waals surface area contributed by atoms with E-state index < -0.39 is 0 Å². The summed E-state index contributed by atoms with van der Waals surface area (Å²) in [5, 5.41) is 4.44. The third-order valence-electron chi connectivity index (χ3n) is 2.88. The van der Waals surface area contributed by atoms with E-state index in [0.29, 0.717) is 0 Å². The molecule has 1 aliphatic heterocycles. The molecule has 1 unspecified atom stereocenters. The van der Waals surface area contributed by atoms with Crippen LogP contribution >= 0.6 is 11.8 Å². The molecule has 1 nitrogen and oxygen atoms in total. The van der Waals surface area contributed by atoms with Crippen molar-refractivity contribution in [2.24, 2.45) is 5.92 Å². The Labute approximate surface area is 73.3 Å². The Hall–Kier alpha value is 0.310. The van der Waals surface area contributed by atoms with Crippen LogP contribution in [0.25, 0.3) is 0 Å². The number of hydrogen-bond donors (Lipinski definition) is 1. The predicted octanol–water partition coefficient (Wildman–Crippen LogP) is 1.88. The van der Waals surface area contributed by atoms with E-state index in [2.05, 4.69) is 17.1 Å². The highest BCUT2D eigenvalue weighted by atomic mass is 32.2. The molecular weight excluding hydrogens is 154 g/mol. The summed E-state index contributed by atoms with van der Waals surface area (Å²) >= 11 is 2.20. The van der Waals surface area contributed by atoms with Gasteiger partial charge in [-0.3, -0.25) is 0 Å². The molecule has 0 aromatic carbocycles. The first-order valence-corrected chi connectivity index (χ1v) is 5.84. The molecule has 11 heavy (non-hydrogen) atoms. The van der Waals surface area contributed by atoms with Crippen LogP contribution in [-0.4, -0.2) is 24.1 Å². The Morgan fingerprint density at radius 2 is 2.00 bits per heavy atom. The largest absolute Gasteiger partial charge is 0.315 e. The van der Waals surface area contributed by atoms with Crippen molar-refractivity contribution < 1.29 is 0 Å². The SMILES string of the molecule is C1CCC(C2CNCCS2)C1. The Morgan fingerprint density at radius 3 is 2.64 bits per heavy atom. The van der Waals surface area contributed by atoms with Crippen molar-refractivity contribution in [2.45, 2.75) is 30.9 Å². The molecule has 1 aliphatic carbocycles. The van der Waals surface area contributed by atoms with Crippen molar-refractivity contribution in [1.29, 1.82) is 0 Å². The molecule has 0 bridgehead atoms. The minimum atomic E-state index is 0.950. The lowest BCUT2D eigenvalue weighted by atomic mass is 10.0. The van der Waals surface area contributed by atoms with Crippen molar-refractivity contribution in [3.05, 3.63) is 0 Å². The maximum Gasteiger partial charge on any atom is 0.0201 e. The molecule has 0 amide bonds. The molecule has 2 heteroatoms. The quantitative estimate of drug-likeness (QED) is 0.646. The van der Waals surface area contributed by atoms with Gasteiger partial charge in [0.25, 0.3) is 0 Å². The average Bonchev–Trinajstić information content (AvgIpc) is 2.58. The van der Waals surface area contributed by atoms with Crippen LogP contribution in [-0.2, 0) is 0 Å². The molecule has 1 N–H and O–H groups in total. The molecule has 1 heterocycles. The fourth-order valence-electron chi connectivity index (χ4n) is 2.22. The van der Waals surface area contributed by atoms with Crippen LogP contribution in [0.1, 0.15) is 25.7 Å². The van der Waals surface area contributed by atoms with Crippen LogP contribution in [0.3, 0.4) is 0 Å². The summed E-state index contributed by atoms with van der Waals surface area (Å²) in [6, 6.07) is 0. The number of nitrogens with one attached hydrogen (secondary N) is 1. The van der Waals surface area contributed by atoms with Gasteiger partial charge in [0.15, 0.2) is 0 Å². The van der Waals surface area contributed by atoms with E-state index in [1.165, 1.54) is 44.5 Å². The van der Waals surface area contributed by atoms with Crippen LogP contribution in [0.2, 0.25) is 0 Å². The fraction of sp³-hybridized carbons (Fsp3) is 1.00. The summed E-state index contributed by atoms with van der Waals surface area (Å²) < 4.78 is 0. The molecule has 2 aliphatic rings. The van der Waals surface area contributed by atoms with Gasteiger partial charge < -0.3 is 5.32 Å². The third-order valence-corrected chi connectivity index (χ3v) is 4.30. The monoisotopic (exact) mass is 171 g/mol. The average molecular weight is 171 g/mol. The van der Waals surface area contributed by atoms with Crippen LogP contribution in [0, 0.1) is 5.92 Å². The fourth-order valence-corrected chi connectivity index (χ4v) is 3.56. The highest BCUT2D eigenvalue weighted by Gasteiger charge is 2.26. The molecule has 1 atom stereocenters. The summed E-state index contributed by atoms with van der Waals surface area (Å²) in [7, 11) is 0. The van der Waals surface area contributed by atoms with Gasteiger partial charge in [-0.05, 0) is 18.8 Å². The van der Waals surface area contributed by atoms with E-state index in [1.807, 2.05) is 0 Å². The van der Waals surface area contributed by atoms with Gasteiger partial charge in [-0.2, -0.15) is 11.8 Å². The summed E-state index contributed by atoms with van der Waals surface area (Å²) in [6.45, 7) is 2.50. The van der Waals surface area contributed by atoms with Gasteiger partial charge in [0.1, 0.15) is 0 Å². The topological polar surface area (TPSA) is 12.0 Å². The number of rotatable bonds is 1. The Kier molecular flexibility index (Phi) is 2.75. The molecule has 0 aromatic heterocycles. The van der Waals surface area contributed by atoms with E-state index in [-0.39, 0.29) is 0 Å². The standard InChI is InChI=1S/C9H17NS/c1-2-4-8(3-1)9-7-10-5-6-11-9/h8-10H,1-7H2. The Balaban J connectivity index is 1.82. The van der Waals surface area contributed by atoms with Crippen LogP contribution in [0.5, 0.6) is 0 Å². The third kappa shape index (κ3) is 1.91. The van der Waals surface area contributed by atoms with Gasteiger partial charge in [-0.1, -0.05) is 12.8 Å². The summed E-state index contributed by atoms with van der Waals surface area (Å²) in [5.74, 6) is 2.38. The highest BCUT2D eigenvalue weighted by molar-refractivity contribution is 8.00. The van der Waals surface area contributed by atoms with Crippen molar-refractivity contribution in [1.82, 2.24) is 5.32 Å². The Morgan fingerprint density at radius 1 is 1.18 bits per heavy atom. The Bertz CT molecular complexity index is 115. The zero-order valence-corrected chi connectivity index (χ0v) is 7.83. The molecule has 0 aromatic rings. The second-order valence-corrected chi connectivity index (χ2v) is 5.00. The van der Waals surface area contributed by atoms with Gasteiger partial charge in [0.05, 0.1) is 0 Å². The first kappa shape index (κ1) is 7.93. The van der Waals surface area contributed by atoms with Crippen LogP contribution in [0.4, 0.5) is 0 Å². The molecule has 2 fully saturated rings. The van der Waals surface area contributed by atoms with Gasteiger partial charge in [0.2, 0.25) is 0 Å². The summed E-state index contributed by atoms with van der Waals surface area (Å²) in [6.07, 6.45) is 5.97. The lowest BCUT2D eigenvalue weighted by molar-refractivity contribution is 0.488. The minimum Gasteiger partial charge on any atom is -0.315 e. The lowest BCUT2D eigenvalue weighted by Crippen LogP contribution is -2.36. The maximum atomic E-state index is 3.49. The van der Waals surface area contributed by atoms with Crippen molar-refractivity contribution >= 4 is 11.8 Å². The normalized spacial score (nSPS) is 34.4. The van der Waals surface area contributed by atoms with Crippen molar-refractivity contribution in [2.75, 3.05) is 18.8 Å². The van der Waals surface area contributed by atoms with E-state index in [0.717, 1.165) is 11.2 Å². The zero-order chi connectivity index (χ0) is 7.52. The van der Waals surface area contributed by atoms with Crippen LogP contribution in [0.15, 0.2) is 0 Å². The molecule has 2 rings (SSSR count). The first-order valence-electron chi connectivity index (χ1n) is 4.79. The number of thioether (sulfide) groups is 1. The molecular formula is C9H17NS. The van der Waals surface area contributed by atoms with E-state index >= 15 is 0 Å². The predicted molar refractivity (Wildman–Crippen MR) is 51.1 cm³/mol. The molecule has 1 saturated heterocycles. The van der Waals surface area contributed by atoms with Crippen molar-refractivity contribution in [3.8, 4) is 0 Å². The highest BCUT2D eigenvalue weighted by Crippen LogP contribution is 2.34. The van der Waals surface area contributed by atoms with E-state index in [4.69, 9.17) is 0 Å². The first-order chi connectivity index (χ1) is 5.47. The van der Waals surface area contributed by atoms with Gasteiger partial charge in [-0.25, -0.2) is 0 Å².